The summed E-state index contributed by atoms with van der Waals surface area (Å²) in [4.78, 5) is 0. The predicted octanol–water partition coefficient (Wildman–Crippen LogP) is 4.95. The van der Waals surface area contributed by atoms with Gasteiger partial charge in [0.25, 0.3) is 0 Å². The number of hydrogen-bond donors (Lipinski definition) is 1. The van der Waals surface area contributed by atoms with Crippen LogP contribution in [0.4, 0.5) is 10.1 Å². The van der Waals surface area contributed by atoms with Crippen molar-refractivity contribution in [3.8, 4) is 5.75 Å². The molecule has 0 unspecified atom stereocenters. The van der Waals surface area contributed by atoms with Gasteiger partial charge in [0, 0.05) is 11.7 Å². The minimum atomic E-state index is -0.0897. The molecule has 0 heterocycles. The zero-order chi connectivity index (χ0) is 14.8. The van der Waals surface area contributed by atoms with E-state index in [9.17, 15) is 4.39 Å². The molecule has 1 saturated carbocycles. The molecule has 1 N–H and O–H groups in total. The van der Waals surface area contributed by atoms with Crippen molar-refractivity contribution < 1.29 is 9.13 Å². The molecule has 1 aliphatic rings. The predicted molar refractivity (Wildman–Crippen MR) is 86.5 cm³/mol. The molecule has 2 nitrogen and oxygen atoms in total. The summed E-state index contributed by atoms with van der Waals surface area (Å²) < 4.78 is 19.9. The Hall–Kier alpha value is -1.55. The van der Waals surface area contributed by atoms with Crippen molar-refractivity contribution in [3.63, 3.8) is 0 Å². The van der Waals surface area contributed by atoms with E-state index in [1.54, 1.807) is 13.2 Å². The van der Waals surface area contributed by atoms with Crippen LogP contribution in [0.3, 0.4) is 0 Å². The van der Waals surface area contributed by atoms with Gasteiger partial charge in [-0.1, -0.05) is 18.2 Å². The third-order valence-electron chi connectivity index (χ3n) is 4.01. The average Bonchev–Trinajstić information content (AvgIpc) is 2.44. The van der Waals surface area contributed by atoms with Crippen LogP contribution in [0.5, 0.6) is 5.75 Å². The molecular weight excluding hydrogens is 333 g/mol. The van der Waals surface area contributed by atoms with Gasteiger partial charge in [-0.05, 0) is 64.5 Å². The Morgan fingerprint density at radius 1 is 1.19 bits per heavy atom. The zero-order valence-electron chi connectivity index (χ0n) is 11.8. The van der Waals surface area contributed by atoms with Crippen LogP contribution in [0.15, 0.2) is 46.9 Å². The first-order chi connectivity index (χ1) is 10.2. The number of halogens is 2. The van der Waals surface area contributed by atoms with E-state index >= 15 is 0 Å². The van der Waals surface area contributed by atoms with Crippen LogP contribution in [-0.4, -0.2) is 13.2 Å². The van der Waals surface area contributed by atoms with Crippen LogP contribution in [0, 0.1) is 5.82 Å². The van der Waals surface area contributed by atoms with Gasteiger partial charge < -0.3 is 10.1 Å². The zero-order valence-corrected chi connectivity index (χ0v) is 13.4. The molecule has 2 aromatic carbocycles. The molecule has 0 spiro atoms. The molecule has 0 aromatic heterocycles. The Bertz CT molecular complexity index is 640. The van der Waals surface area contributed by atoms with E-state index in [2.05, 4.69) is 21.2 Å². The SMILES string of the molecule is COc1ccc(NC2CC(c3ccccc3F)C2)cc1Br. The highest BCUT2D eigenvalue weighted by Crippen LogP contribution is 2.40. The highest BCUT2D eigenvalue weighted by Gasteiger charge is 2.31. The summed E-state index contributed by atoms with van der Waals surface area (Å²) in [6.07, 6.45) is 1.93. The van der Waals surface area contributed by atoms with Gasteiger partial charge in [0.1, 0.15) is 11.6 Å². The topological polar surface area (TPSA) is 21.3 Å². The fourth-order valence-corrected chi connectivity index (χ4v) is 3.33. The van der Waals surface area contributed by atoms with Crippen molar-refractivity contribution >= 4 is 21.6 Å². The molecule has 0 saturated heterocycles. The number of rotatable bonds is 4. The van der Waals surface area contributed by atoms with E-state index < -0.39 is 0 Å². The number of hydrogen-bond acceptors (Lipinski definition) is 2. The molecule has 2 aromatic rings. The lowest BCUT2D eigenvalue weighted by atomic mass is 9.75. The van der Waals surface area contributed by atoms with Crippen LogP contribution in [0.1, 0.15) is 24.3 Å². The first-order valence-electron chi connectivity index (χ1n) is 7.02. The number of nitrogens with one attached hydrogen (secondary N) is 1. The van der Waals surface area contributed by atoms with E-state index in [1.165, 1.54) is 6.07 Å². The third kappa shape index (κ3) is 3.05. The lowest BCUT2D eigenvalue weighted by Gasteiger charge is -2.37. The molecule has 0 amide bonds. The van der Waals surface area contributed by atoms with Crippen molar-refractivity contribution in [2.75, 3.05) is 12.4 Å². The van der Waals surface area contributed by atoms with Gasteiger partial charge in [-0.15, -0.1) is 0 Å². The normalized spacial score (nSPS) is 20.7. The second-order valence-electron chi connectivity index (χ2n) is 5.38. The smallest absolute Gasteiger partial charge is 0.133 e. The third-order valence-corrected chi connectivity index (χ3v) is 4.63. The molecule has 110 valence electrons. The number of ether oxygens (including phenoxy) is 1. The lowest BCUT2D eigenvalue weighted by Crippen LogP contribution is -2.34. The van der Waals surface area contributed by atoms with Gasteiger partial charge in [0.15, 0.2) is 0 Å². The van der Waals surface area contributed by atoms with Crippen LogP contribution in [0.25, 0.3) is 0 Å². The van der Waals surface area contributed by atoms with Gasteiger partial charge in [-0.3, -0.25) is 0 Å². The maximum absolute atomic E-state index is 13.7. The molecule has 21 heavy (non-hydrogen) atoms. The monoisotopic (exact) mass is 349 g/mol. The van der Waals surface area contributed by atoms with E-state index in [0.29, 0.717) is 12.0 Å². The Morgan fingerprint density at radius 2 is 1.95 bits per heavy atom. The summed E-state index contributed by atoms with van der Waals surface area (Å²) in [6.45, 7) is 0. The summed E-state index contributed by atoms with van der Waals surface area (Å²) in [5, 5.41) is 3.48. The maximum atomic E-state index is 13.7. The average molecular weight is 350 g/mol. The van der Waals surface area contributed by atoms with Crippen LogP contribution in [-0.2, 0) is 0 Å². The first kappa shape index (κ1) is 14.4. The van der Waals surface area contributed by atoms with Gasteiger partial charge in [-0.25, -0.2) is 4.39 Å². The lowest BCUT2D eigenvalue weighted by molar-refractivity contribution is 0.363. The van der Waals surface area contributed by atoms with Gasteiger partial charge in [-0.2, -0.15) is 0 Å². The van der Waals surface area contributed by atoms with Crippen molar-refractivity contribution in [2.45, 2.75) is 24.8 Å². The minimum absolute atomic E-state index is 0.0897. The molecule has 4 heteroatoms. The van der Waals surface area contributed by atoms with E-state index in [0.717, 1.165) is 34.3 Å². The van der Waals surface area contributed by atoms with Crippen molar-refractivity contribution in [2.24, 2.45) is 0 Å². The molecule has 0 radical (unpaired) electrons. The number of methoxy groups -OCH3 is 1. The van der Waals surface area contributed by atoms with E-state index in [1.807, 2.05) is 30.3 Å². The molecule has 0 aliphatic heterocycles. The van der Waals surface area contributed by atoms with E-state index in [4.69, 9.17) is 4.74 Å². The summed E-state index contributed by atoms with van der Waals surface area (Å²) >= 11 is 3.48. The summed E-state index contributed by atoms with van der Waals surface area (Å²) in [5.74, 6) is 1.05. The molecule has 0 atom stereocenters. The molecule has 3 rings (SSSR count). The number of benzene rings is 2. The Morgan fingerprint density at radius 3 is 2.62 bits per heavy atom. The fourth-order valence-electron chi connectivity index (χ4n) is 2.79. The second kappa shape index (κ2) is 6.06. The Labute approximate surface area is 132 Å². The Balaban J connectivity index is 1.60. The number of anilines is 1. The van der Waals surface area contributed by atoms with Gasteiger partial charge >= 0.3 is 0 Å². The summed E-state index contributed by atoms with van der Waals surface area (Å²) in [7, 11) is 1.65. The quantitative estimate of drug-likeness (QED) is 0.842. The largest absolute Gasteiger partial charge is 0.496 e. The molecular formula is C17H17BrFNO. The van der Waals surface area contributed by atoms with Gasteiger partial charge in [0.2, 0.25) is 0 Å². The first-order valence-corrected chi connectivity index (χ1v) is 7.81. The Kier molecular flexibility index (Phi) is 4.15. The highest BCUT2D eigenvalue weighted by atomic mass is 79.9. The van der Waals surface area contributed by atoms with Crippen molar-refractivity contribution in [1.82, 2.24) is 0 Å². The summed E-state index contributed by atoms with van der Waals surface area (Å²) in [5.41, 5.74) is 1.89. The highest BCUT2D eigenvalue weighted by molar-refractivity contribution is 9.10. The van der Waals surface area contributed by atoms with Crippen LogP contribution < -0.4 is 10.1 Å². The van der Waals surface area contributed by atoms with Crippen molar-refractivity contribution in [3.05, 3.63) is 58.3 Å². The van der Waals surface area contributed by atoms with Crippen LogP contribution in [0.2, 0.25) is 0 Å². The van der Waals surface area contributed by atoms with Crippen molar-refractivity contribution in [1.29, 1.82) is 0 Å². The molecule has 0 bridgehead atoms. The second-order valence-corrected chi connectivity index (χ2v) is 6.23. The van der Waals surface area contributed by atoms with Gasteiger partial charge in [0.05, 0.1) is 11.6 Å². The fraction of sp³-hybridized carbons (Fsp3) is 0.294. The summed E-state index contributed by atoms with van der Waals surface area (Å²) in [6, 6.07) is 13.4. The molecule has 1 fully saturated rings. The van der Waals surface area contributed by atoms with E-state index in [-0.39, 0.29) is 5.82 Å². The van der Waals surface area contributed by atoms with Crippen LogP contribution >= 0.6 is 15.9 Å². The molecule has 1 aliphatic carbocycles. The standard InChI is InChI=1S/C17H17BrFNO/c1-21-17-7-6-12(10-15(17)18)20-13-8-11(9-13)14-4-2-3-5-16(14)19/h2-7,10-11,13,20H,8-9H2,1H3. The minimum Gasteiger partial charge on any atom is -0.496 e. The maximum Gasteiger partial charge on any atom is 0.133 e.